The lowest BCUT2D eigenvalue weighted by atomic mass is 9.92. The maximum Gasteiger partial charge on any atom is 0.332 e. The first kappa shape index (κ1) is 12.8. The number of carboxylic acids is 1. The summed E-state index contributed by atoms with van der Waals surface area (Å²) < 4.78 is 5.57. The number of piperidine rings is 1. The van der Waals surface area contributed by atoms with Gasteiger partial charge in [-0.2, -0.15) is 0 Å². The molecule has 2 aliphatic rings. The maximum atomic E-state index is 10.8. The Morgan fingerprint density at radius 3 is 2.76 bits per heavy atom. The van der Waals surface area contributed by atoms with E-state index in [1.54, 1.807) is 0 Å². The fourth-order valence-corrected chi connectivity index (χ4v) is 2.96. The van der Waals surface area contributed by atoms with Crippen LogP contribution in [0.5, 0.6) is 0 Å². The molecule has 2 saturated heterocycles. The summed E-state index contributed by atoms with van der Waals surface area (Å²) in [5.74, 6) is -0.0759. The lowest BCUT2D eigenvalue weighted by Crippen LogP contribution is -2.46. The molecule has 0 aromatic heterocycles. The number of rotatable bonds is 3. The predicted molar refractivity (Wildman–Crippen MR) is 65.0 cm³/mol. The van der Waals surface area contributed by atoms with E-state index in [9.17, 15) is 4.79 Å². The van der Waals surface area contributed by atoms with Crippen molar-refractivity contribution in [2.75, 3.05) is 13.1 Å². The average molecular weight is 241 g/mol. The van der Waals surface area contributed by atoms with Gasteiger partial charge in [-0.3, -0.25) is 4.90 Å². The SMILES string of the molecule is CC1CCCN(C[C@@H]2CC[C@H](C(=O)O)O2)C1C. The first-order chi connectivity index (χ1) is 8.08. The smallest absolute Gasteiger partial charge is 0.332 e. The van der Waals surface area contributed by atoms with Gasteiger partial charge >= 0.3 is 5.97 Å². The normalized spacial score (nSPS) is 39.4. The lowest BCUT2D eigenvalue weighted by Gasteiger charge is -2.39. The Morgan fingerprint density at radius 2 is 2.12 bits per heavy atom. The molecule has 0 radical (unpaired) electrons. The van der Waals surface area contributed by atoms with Crippen LogP contribution in [0.25, 0.3) is 0 Å². The zero-order valence-corrected chi connectivity index (χ0v) is 10.8. The van der Waals surface area contributed by atoms with Crippen molar-refractivity contribution in [3.63, 3.8) is 0 Å². The van der Waals surface area contributed by atoms with Crippen molar-refractivity contribution < 1.29 is 14.6 Å². The highest BCUT2D eigenvalue weighted by atomic mass is 16.5. The van der Waals surface area contributed by atoms with Gasteiger partial charge in [0.25, 0.3) is 0 Å². The molecular weight excluding hydrogens is 218 g/mol. The first-order valence-corrected chi connectivity index (χ1v) is 6.70. The Balaban J connectivity index is 1.83. The highest BCUT2D eigenvalue weighted by Crippen LogP contribution is 2.26. The van der Waals surface area contributed by atoms with Gasteiger partial charge in [0.1, 0.15) is 0 Å². The van der Waals surface area contributed by atoms with Crippen LogP contribution in [0, 0.1) is 5.92 Å². The Morgan fingerprint density at radius 1 is 1.35 bits per heavy atom. The van der Waals surface area contributed by atoms with Gasteiger partial charge in [0.05, 0.1) is 6.10 Å². The number of likely N-dealkylation sites (tertiary alicyclic amines) is 1. The van der Waals surface area contributed by atoms with Gasteiger partial charge in [0.2, 0.25) is 0 Å². The third-order valence-corrected chi connectivity index (χ3v) is 4.33. The van der Waals surface area contributed by atoms with E-state index in [0.717, 1.165) is 25.4 Å². The second kappa shape index (κ2) is 5.36. The fraction of sp³-hybridized carbons (Fsp3) is 0.923. The summed E-state index contributed by atoms with van der Waals surface area (Å²) in [6.45, 7) is 6.60. The topological polar surface area (TPSA) is 49.8 Å². The summed E-state index contributed by atoms with van der Waals surface area (Å²) in [6, 6.07) is 0.594. The van der Waals surface area contributed by atoms with Crippen LogP contribution in [0.4, 0.5) is 0 Å². The summed E-state index contributed by atoms with van der Waals surface area (Å²) >= 11 is 0. The molecule has 0 spiro atoms. The molecule has 0 aliphatic carbocycles. The minimum absolute atomic E-state index is 0.115. The van der Waals surface area contributed by atoms with Gasteiger partial charge in [0, 0.05) is 12.6 Å². The molecule has 2 aliphatic heterocycles. The van der Waals surface area contributed by atoms with Crippen LogP contribution in [-0.4, -0.2) is 47.3 Å². The molecule has 2 rings (SSSR count). The molecule has 4 atom stereocenters. The number of carbonyl (C=O) groups is 1. The number of hydrogen-bond donors (Lipinski definition) is 1. The molecule has 0 saturated carbocycles. The Labute approximate surface area is 103 Å². The first-order valence-electron chi connectivity index (χ1n) is 6.70. The van der Waals surface area contributed by atoms with Gasteiger partial charge in [0.15, 0.2) is 6.10 Å². The molecule has 2 fully saturated rings. The largest absolute Gasteiger partial charge is 0.479 e. The second-order valence-corrected chi connectivity index (χ2v) is 5.52. The molecule has 1 N–H and O–H groups in total. The van der Waals surface area contributed by atoms with E-state index in [0.29, 0.717) is 12.5 Å². The van der Waals surface area contributed by atoms with Crippen LogP contribution in [0.1, 0.15) is 39.5 Å². The molecule has 17 heavy (non-hydrogen) atoms. The third kappa shape index (κ3) is 2.99. The molecule has 98 valence electrons. The molecule has 0 aromatic carbocycles. The van der Waals surface area contributed by atoms with E-state index in [1.165, 1.54) is 12.8 Å². The van der Waals surface area contributed by atoms with E-state index >= 15 is 0 Å². The van der Waals surface area contributed by atoms with Crippen molar-refractivity contribution in [1.82, 2.24) is 4.90 Å². The summed E-state index contributed by atoms with van der Waals surface area (Å²) in [4.78, 5) is 13.3. The average Bonchev–Trinajstić information content (AvgIpc) is 2.73. The summed E-state index contributed by atoms with van der Waals surface area (Å²) in [7, 11) is 0. The fourth-order valence-electron chi connectivity index (χ4n) is 2.96. The van der Waals surface area contributed by atoms with Crippen molar-refractivity contribution in [3.05, 3.63) is 0 Å². The van der Waals surface area contributed by atoms with E-state index in [1.807, 2.05) is 0 Å². The van der Waals surface area contributed by atoms with Gasteiger partial charge in [-0.15, -0.1) is 0 Å². The van der Waals surface area contributed by atoms with E-state index in [2.05, 4.69) is 18.7 Å². The Bertz CT molecular complexity index is 282. The standard InChI is InChI=1S/C13H23NO3/c1-9-4-3-7-14(10(9)2)8-11-5-6-12(17-11)13(15)16/h9-12H,3-8H2,1-2H3,(H,15,16)/t9?,10?,11-,12+/m0/s1. The van der Waals surface area contributed by atoms with Gasteiger partial charge < -0.3 is 9.84 Å². The lowest BCUT2D eigenvalue weighted by molar-refractivity contribution is -0.150. The number of aliphatic carboxylic acids is 1. The molecule has 0 bridgehead atoms. The molecular formula is C13H23NO3. The van der Waals surface area contributed by atoms with Crippen LogP contribution in [-0.2, 0) is 9.53 Å². The highest BCUT2D eigenvalue weighted by Gasteiger charge is 2.33. The van der Waals surface area contributed by atoms with Gasteiger partial charge in [-0.25, -0.2) is 4.79 Å². The van der Waals surface area contributed by atoms with Crippen LogP contribution in [0.2, 0.25) is 0 Å². The van der Waals surface area contributed by atoms with Crippen LogP contribution in [0.15, 0.2) is 0 Å². The van der Waals surface area contributed by atoms with Crippen LogP contribution < -0.4 is 0 Å². The highest BCUT2D eigenvalue weighted by molar-refractivity contribution is 5.72. The quantitative estimate of drug-likeness (QED) is 0.817. The molecule has 0 aromatic rings. The van der Waals surface area contributed by atoms with E-state index < -0.39 is 12.1 Å². The maximum absolute atomic E-state index is 10.8. The molecule has 2 unspecified atom stereocenters. The zero-order valence-electron chi connectivity index (χ0n) is 10.8. The van der Waals surface area contributed by atoms with Gasteiger partial charge in [-0.1, -0.05) is 6.92 Å². The van der Waals surface area contributed by atoms with E-state index in [4.69, 9.17) is 9.84 Å². The van der Waals surface area contributed by atoms with Gasteiger partial charge in [-0.05, 0) is 45.1 Å². The number of ether oxygens (including phenoxy) is 1. The number of carboxylic acid groups (broad SMARTS) is 1. The van der Waals surface area contributed by atoms with Crippen LogP contribution in [0.3, 0.4) is 0 Å². The van der Waals surface area contributed by atoms with Crippen LogP contribution >= 0.6 is 0 Å². The monoisotopic (exact) mass is 241 g/mol. The molecule has 4 nitrogen and oxygen atoms in total. The Kier molecular flexibility index (Phi) is 4.05. The van der Waals surface area contributed by atoms with Crippen molar-refractivity contribution >= 4 is 5.97 Å². The third-order valence-electron chi connectivity index (χ3n) is 4.33. The summed E-state index contributed by atoms with van der Waals surface area (Å²) in [6.07, 6.45) is 3.65. The van der Waals surface area contributed by atoms with Crippen molar-refractivity contribution in [2.45, 2.75) is 57.8 Å². The van der Waals surface area contributed by atoms with Crippen molar-refractivity contribution in [1.29, 1.82) is 0 Å². The minimum Gasteiger partial charge on any atom is -0.479 e. The minimum atomic E-state index is -0.812. The predicted octanol–water partition coefficient (Wildman–Crippen LogP) is 1.74. The summed E-state index contributed by atoms with van der Waals surface area (Å²) in [5.41, 5.74) is 0. The number of nitrogens with zero attached hydrogens (tertiary/aromatic N) is 1. The molecule has 0 amide bonds. The zero-order chi connectivity index (χ0) is 12.4. The summed E-state index contributed by atoms with van der Waals surface area (Å²) in [5, 5.41) is 8.89. The molecule has 2 heterocycles. The van der Waals surface area contributed by atoms with Crippen molar-refractivity contribution in [2.24, 2.45) is 5.92 Å². The van der Waals surface area contributed by atoms with Crippen molar-refractivity contribution in [3.8, 4) is 0 Å². The second-order valence-electron chi connectivity index (χ2n) is 5.52. The number of hydrogen-bond acceptors (Lipinski definition) is 3. The molecule has 4 heteroatoms. The Hall–Kier alpha value is -0.610. The van der Waals surface area contributed by atoms with E-state index in [-0.39, 0.29) is 6.10 Å².